The van der Waals surface area contributed by atoms with Crippen molar-refractivity contribution in [1.82, 2.24) is 9.96 Å². The van der Waals surface area contributed by atoms with Crippen molar-refractivity contribution in [3.63, 3.8) is 0 Å². The van der Waals surface area contributed by atoms with Gasteiger partial charge in [-0.25, -0.2) is 5.06 Å². The molecule has 1 saturated heterocycles. The molecule has 1 aliphatic heterocycles. The first-order valence-electron chi connectivity index (χ1n) is 5.09. The van der Waals surface area contributed by atoms with Crippen LogP contribution in [-0.4, -0.2) is 49.2 Å². The lowest BCUT2D eigenvalue weighted by molar-refractivity contribution is -0.171. The lowest BCUT2D eigenvalue weighted by Gasteiger charge is -2.42. The number of carbonyl (C=O) groups is 1. The standard InChI is InChI=1S/C10H20N2O2/c1-8(2)12-6-9(7-12)5-10(13)11(3)14-4/h8-9H,5-7H2,1-4H3. The van der Waals surface area contributed by atoms with Gasteiger partial charge >= 0.3 is 0 Å². The van der Waals surface area contributed by atoms with Crippen LogP contribution in [0.5, 0.6) is 0 Å². The summed E-state index contributed by atoms with van der Waals surface area (Å²) in [6, 6.07) is 0.599. The molecule has 82 valence electrons. The van der Waals surface area contributed by atoms with Gasteiger partial charge in [-0.3, -0.25) is 9.63 Å². The molecule has 1 heterocycles. The van der Waals surface area contributed by atoms with E-state index in [0.29, 0.717) is 18.4 Å². The number of hydrogen-bond acceptors (Lipinski definition) is 3. The first-order chi connectivity index (χ1) is 6.54. The molecule has 0 aromatic heterocycles. The van der Waals surface area contributed by atoms with E-state index in [2.05, 4.69) is 18.7 Å². The van der Waals surface area contributed by atoms with Crippen LogP contribution >= 0.6 is 0 Å². The molecule has 1 rings (SSSR count). The molecule has 1 aliphatic rings. The fourth-order valence-electron chi connectivity index (χ4n) is 1.64. The third kappa shape index (κ3) is 2.69. The van der Waals surface area contributed by atoms with Crippen LogP contribution in [-0.2, 0) is 9.63 Å². The number of carbonyl (C=O) groups excluding carboxylic acids is 1. The van der Waals surface area contributed by atoms with E-state index >= 15 is 0 Å². The lowest BCUT2D eigenvalue weighted by Crippen LogP contribution is -2.51. The molecule has 4 nitrogen and oxygen atoms in total. The fraction of sp³-hybridized carbons (Fsp3) is 0.900. The average Bonchev–Trinajstić information content (AvgIpc) is 2.07. The van der Waals surface area contributed by atoms with Gasteiger partial charge in [0.25, 0.3) is 0 Å². The first kappa shape index (κ1) is 11.5. The summed E-state index contributed by atoms with van der Waals surface area (Å²) >= 11 is 0. The van der Waals surface area contributed by atoms with Crippen molar-refractivity contribution in [2.45, 2.75) is 26.3 Å². The van der Waals surface area contributed by atoms with E-state index in [-0.39, 0.29) is 5.91 Å². The summed E-state index contributed by atoms with van der Waals surface area (Å²) in [5.74, 6) is 0.586. The van der Waals surface area contributed by atoms with Crippen LogP contribution in [0.15, 0.2) is 0 Å². The summed E-state index contributed by atoms with van der Waals surface area (Å²) in [5, 5.41) is 1.30. The average molecular weight is 200 g/mol. The van der Waals surface area contributed by atoms with Gasteiger partial charge in [0.15, 0.2) is 0 Å². The third-order valence-corrected chi connectivity index (χ3v) is 2.80. The number of nitrogens with zero attached hydrogens (tertiary/aromatic N) is 2. The second-order valence-electron chi connectivity index (χ2n) is 4.19. The molecule has 0 spiro atoms. The Morgan fingerprint density at radius 2 is 2.14 bits per heavy atom. The third-order valence-electron chi connectivity index (χ3n) is 2.80. The Hall–Kier alpha value is -0.610. The van der Waals surface area contributed by atoms with Gasteiger partial charge in [-0.05, 0) is 19.8 Å². The maximum atomic E-state index is 11.4. The summed E-state index contributed by atoms with van der Waals surface area (Å²) in [4.78, 5) is 18.6. The molecule has 0 aromatic carbocycles. The van der Waals surface area contributed by atoms with Gasteiger partial charge in [-0.2, -0.15) is 0 Å². The van der Waals surface area contributed by atoms with Gasteiger partial charge in [0.1, 0.15) is 0 Å². The van der Waals surface area contributed by atoms with E-state index in [9.17, 15) is 4.79 Å². The molecule has 0 saturated carbocycles. The molecule has 0 bridgehead atoms. The Bertz CT molecular complexity index is 200. The minimum Gasteiger partial charge on any atom is -0.300 e. The van der Waals surface area contributed by atoms with E-state index < -0.39 is 0 Å². The Morgan fingerprint density at radius 1 is 1.57 bits per heavy atom. The van der Waals surface area contributed by atoms with E-state index in [1.807, 2.05) is 0 Å². The summed E-state index contributed by atoms with van der Waals surface area (Å²) in [5.41, 5.74) is 0. The zero-order valence-electron chi connectivity index (χ0n) is 9.49. The molecule has 0 radical (unpaired) electrons. The molecule has 0 atom stereocenters. The summed E-state index contributed by atoms with van der Waals surface area (Å²) in [7, 11) is 3.17. The zero-order valence-corrected chi connectivity index (χ0v) is 9.49. The van der Waals surface area contributed by atoms with E-state index in [1.54, 1.807) is 7.05 Å². The highest BCUT2D eigenvalue weighted by molar-refractivity contribution is 5.75. The predicted octanol–water partition coefficient (Wildman–Crippen LogP) is 0.736. The summed E-state index contributed by atoms with van der Waals surface area (Å²) in [6.45, 7) is 6.45. The maximum absolute atomic E-state index is 11.4. The monoisotopic (exact) mass is 200 g/mol. The number of hydroxylamine groups is 2. The molecule has 1 amide bonds. The van der Waals surface area contributed by atoms with Gasteiger partial charge in [0, 0.05) is 32.6 Å². The van der Waals surface area contributed by atoms with E-state index in [4.69, 9.17) is 4.84 Å². The molecular weight excluding hydrogens is 180 g/mol. The summed E-state index contributed by atoms with van der Waals surface area (Å²) in [6.07, 6.45) is 0.605. The van der Waals surface area contributed by atoms with Crippen LogP contribution in [0.4, 0.5) is 0 Å². The SMILES string of the molecule is CON(C)C(=O)CC1CN(C(C)C)C1. The van der Waals surface area contributed by atoms with Crippen molar-refractivity contribution in [2.75, 3.05) is 27.2 Å². The van der Waals surface area contributed by atoms with Crippen molar-refractivity contribution in [2.24, 2.45) is 5.92 Å². The Kier molecular flexibility index (Phi) is 3.89. The van der Waals surface area contributed by atoms with Crippen molar-refractivity contribution in [3.05, 3.63) is 0 Å². The Balaban J connectivity index is 2.19. The Morgan fingerprint density at radius 3 is 2.57 bits per heavy atom. The molecule has 0 N–H and O–H groups in total. The zero-order chi connectivity index (χ0) is 10.7. The fourth-order valence-corrected chi connectivity index (χ4v) is 1.64. The smallest absolute Gasteiger partial charge is 0.246 e. The highest BCUT2D eigenvalue weighted by Crippen LogP contribution is 2.21. The molecule has 0 unspecified atom stereocenters. The van der Waals surface area contributed by atoms with Crippen molar-refractivity contribution < 1.29 is 9.63 Å². The van der Waals surface area contributed by atoms with Gasteiger partial charge in [-0.15, -0.1) is 0 Å². The van der Waals surface area contributed by atoms with E-state index in [0.717, 1.165) is 13.1 Å². The normalized spacial score (nSPS) is 18.4. The van der Waals surface area contributed by atoms with Crippen LogP contribution in [0, 0.1) is 5.92 Å². The van der Waals surface area contributed by atoms with Gasteiger partial charge in [0.2, 0.25) is 5.91 Å². The summed E-state index contributed by atoms with van der Waals surface area (Å²) < 4.78 is 0. The van der Waals surface area contributed by atoms with Gasteiger partial charge in [-0.1, -0.05) is 0 Å². The van der Waals surface area contributed by atoms with Crippen LogP contribution in [0.3, 0.4) is 0 Å². The second kappa shape index (κ2) is 4.75. The van der Waals surface area contributed by atoms with Crippen LogP contribution < -0.4 is 0 Å². The molecule has 0 aromatic rings. The molecule has 4 heteroatoms. The lowest BCUT2D eigenvalue weighted by atomic mass is 9.94. The highest BCUT2D eigenvalue weighted by Gasteiger charge is 2.30. The van der Waals surface area contributed by atoms with Crippen LogP contribution in [0.1, 0.15) is 20.3 Å². The van der Waals surface area contributed by atoms with Crippen molar-refractivity contribution in [3.8, 4) is 0 Å². The molecular formula is C10H20N2O2. The second-order valence-corrected chi connectivity index (χ2v) is 4.19. The minimum absolute atomic E-state index is 0.0703. The molecule has 0 aliphatic carbocycles. The van der Waals surface area contributed by atoms with Gasteiger partial charge in [0.05, 0.1) is 7.11 Å². The number of amides is 1. The topological polar surface area (TPSA) is 32.8 Å². The van der Waals surface area contributed by atoms with Crippen molar-refractivity contribution >= 4 is 5.91 Å². The van der Waals surface area contributed by atoms with Crippen LogP contribution in [0.2, 0.25) is 0 Å². The maximum Gasteiger partial charge on any atom is 0.246 e. The highest BCUT2D eigenvalue weighted by atomic mass is 16.7. The first-order valence-corrected chi connectivity index (χ1v) is 5.09. The van der Waals surface area contributed by atoms with Gasteiger partial charge < -0.3 is 4.90 Å². The largest absolute Gasteiger partial charge is 0.300 e. The molecule has 14 heavy (non-hydrogen) atoms. The van der Waals surface area contributed by atoms with Crippen LogP contribution in [0.25, 0.3) is 0 Å². The van der Waals surface area contributed by atoms with Crippen molar-refractivity contribution in [1.29, 1.82) is 0 Å². The number of hydrogen-bond donors (Lipinski definition) is 0. The number of likely N-dealkylation sites (tertiary alicyclic amines) is 1. The number of rotatable bonds is 4. The Labute approximate surface area is 85.8 Å². The van der Waals surface area contributed by atoms with E-state index in [1.165, 1.54) is 12.2 Å². The minimum atomic E-state index is 0.0703. The predicted molar refractivity (Wildman–Crippen MR) is 54.6 cm³/mol. The molecule has 1 fully saturated rings. The quantitative estimate of drug-likeness (QED) is 0.627.